The Balaban J connectivity index is 1.60. The number of amides is 3. The minimum Gasteiger partial charge on any atom is -0.480 e. The van der Waals surface area contributed by atoms with Crippen LogP contribution in [0.5, 0.6) is 0 Å². The second-order valence-corrected chi connectivity index (χ2v) is 12.3. The molecule has 3 amide bonds. The van der Waals surface area contributed by atoms with Crippen LogP contribution in [0.4, 0.5) is 4.79 Å². The third-order valence-electron chi connectivity index (χ3n) is 8.76. The number of hydrazine groups is 1. The van der Waals surface area contributed by atoms with Gasteiger partial charge in [0.15, 0.2) is 0 Å². The van der Waals surface area contributed by atoms with Gasteiger partial charge in [0.2, 0.25) is 5.91 Å². The predicted octanol–water partition coefficient (Wildman–Crippen LogP) is 3.79. The van der Waals surface area contributed by atoms with Gasteiger partial charge in [0.05, 0.1) is 24.2 Å². The molecule has 1 fully saturated rings. The maximum Gasteiger partial charge on any atom is 0.332 e. The van der Waals surface area contributed by atoms with Crippen LogP contribution in [0.1, 0.15) is 75.2 Å². The fraction of sp³-hybridized carbons (Fsp3) is 0.514. The number of nitrogens with one attached hydrogen (secondary N) is 4. The van der Waals surface area contributed by atoms with E-state index in [1.807, 2.05) is 48.5 Å². The Morgan fingerprint density at radius 1 is 1.00 bits per heavy atom. The fourth-order valence-corrected chi connectivity index (χ4v) is 6.24. The van der Waals surface area contributed by atoms with E-state index in [0.717, 1.165) is 36.9 Å². The van der Waals surface area contributed by atoms with Gasteiger partial charge < -0.3 is 25.8 Å². The number of benzene rings is 1. The molecule has 1 saturated carbocycles. The third kappa shape index (κ3) is 11.5. The molecule has 4 atom stereocenters. The number of pyridine rings is 1. The van der Waals surface area contributed by atoms with Crippen molar-refractivity contribution in [2.24, 2.45) is 5.92 Å². The molecule has 0 unspecified atom stereocenters. The number of carboxylic acid groups (broad SMARTS) is 1. The van der Waals surface area contributed by atoms with Gasteiger partial charge in [0.25, 0.3) is 0 Å². The van der Waals surface area contributed by atoms with E-state index in [0.29, 0.717) is 43.8 Å². The zero-order valence-electron chi connectivity index (χ0n) is 27.2. The molecule has 1 aliphatic carbocycles. The molecule has 2 heterocycles. The number of hydrogen-bond donors (Lipinski definition) is 6. The summed E-state index contributed by atoms with van der Waals surface area (Å²) < 4.78 is 0. The average Bonchev–Trinajstić information content (AvgIpc) is 3.60. The van der Waals surface area contributed by atoms with E-state index < -0.39 is 42.1 Å². The molecule has 0 spiro atoms. The lowest BCUT2D eigenvalue weighted by Crippen LogP contribution is -2.64. The van der Waals surface area contributed by atoms with Crippen molar-refractivity contribution in [3.63, 3.8) is 0 Å². The van der Waals surface area contributed by atoms with Crippen molar-refractivity contribution >= 4 is 17.9 Å². The van der Waals surface area contributed by atoms with Crippen molar-refractivity contribution in [2.75, 3.05) is 6.54 Å². The maximum atomic E-state index is 14.1. The summed E-state index contributed by atoms with van der Waals surface area (Å²) in [6, 6.07) is 11.6. The highest BCUT2D eigenvalue weighted by molar-refractivity contribution is 5.90. The minimum absolute atomic E-state index is 0.0312. The third-order valence-corrected chi connectivity index (χ3v) is 8.76. The topological polar surface area (TPSA) is 173 Å². The first-order valence-corrected chi connectivity index (χ1v) is 16.8. The van der Waals surface area contributed by atoms with E-state index in [9.17, 15) is 24.6 Å². The Hall–Kier alpha value is -4.29. The number of carboxylic acids is 1. The monoisotopic (exact) mass is 647 g/mol. The molecule has 3 aromatic rings. The van der Waals surface area contributed by atoms with Crippen LogP contribution in [0.15, 0.2) is 67.3 Å². The molecule has 0 bridgehead atoms. The molecule has 0 saturated heterocycles. The number of nitrogens with zero attached hydrogens (tertiary/aromatic N) is 3. The number of aliphatic hydroxyl groups is 1. The van der Waals surface area contributed by atoms with Crippen molar-refractivity contribution in [3.8, 4) is 0 Å². The first kappa shape index (κ1) is 35.6. The predicted molar refractivity (Wildman–Crippen MR) is 178 cm³/mol. The number of aromatic nitrogens is 3. The smallest absolute Gasteiger partial charge is 0.332 e. The Bertz CT molecular complexity index is 1350. The van der Waals surface area contributed by atoms with Crippen molar-refractivity contribution < 1.29 is 24.6 Å². The lowest BCUT2D eigenvalue weighted by Gasteiger charge is -2.38. The molecular weight excluding hydrogens is 598 g/mol. The SMILES string of the molecule is CCNC(=O)N(N[C@@H](CC1CCCCC1)[C@@H](O)CCCc1ccccn1)[C@@H](Cc1ccccc1)C(=O)N[C@@H](Cc1c[nH]cn1)C(=O)O. The van der Waals surface area contributed by atoms with Crippen LogP contribution < -0.4 is 16.1 Å². The number of carbonyl (C=O) groups is 3. The molecule has 1 aliphatic rings. The van der Waals surface area contributed by atoms with Crippen LogP contribution >= 0.6 is 0 Å². The largest absolute Gasteiger partial charge is 0.480 e. The Kier molecular flexibility index (Phi) is 14.2. The summed E-state index contributed by atoms with van der Waals surface area (Å²) in [6.07, 6.45) is 12.1. The van der Waals surface area contributed by atoms with Crippen molar-refractivity contribution in [3.05, 3.63) is 84.2 Å². The number of aliphatic carboxylic acids is 1. The van der Waals surface area contributed by atoms with Gasteiger partial charge >= 0.3 is 12.0 Å². The average molecular weight is 648 g/mol. The molecule has 47 heavy (non-hydrogen) atoms. The number of carbonyl (C=O) groups excluding carboxylic acids is 2. The molecule has 12 heteroatoms. The summed E-state index contributed by atoms with van der Waals surface area (Å²) in [6.45, 7) is 2.10. The van der Waals surface area contributed by atoms with E-state index >= 15 is 0 Å². The molecule has 6 N–H and O–H groups in total. The van der Waals surface area contributed by atoms with E-state index in [4.69, 9.17) is 0 Å². The summed E-state index contributed by atoms with van der Waals surface area (Å²) in [5.74, 6) is -1.47. The second-order valence-electron chi connectivity index (χ2n) is 12.3. The highest BCUT2D eigenvalue weighted by Crippen LogP contribution is 2.29. The molecule has 1 aromatic carbocycles. The number of H-pyrrole nitrogens is 1. The lowest BCUT2D eigenvalue weighted by molar-refractivity contribution is -0.142. The molecule has 4 rings (SSSR count). The molecular formula is C35H49N7O5. The first-order chi connectivity index (χ1) is 22.8. The summed E-state index contributed by atoms with van der Waals surface area (Å²) in [4.78, 5) is 51.4. The summed E-state index contributed by atoms with van der Waals surface area (Å²) in [5.41, 5.74) is 5.54. The van der Waals surface area contributed by atoms with Gasteiger partial charge in [-0.2, -0.15) is 0 Å². The number of rotatable bonds is 18. The number of imidazole rings is 1. The van der Waals surface area contributed by atoms with Crippen LogP contribution in [0.3, 0.4) is 0 Å². The number of aliphatic hydroxyl groups excluding tert-OH is 1. The van der Waals surface area contributed by atoms with Crippen molar-refractivity contribution in [1.82, 2.24) is 36.0 Å². The van der Waals surface area contributed by atoms with Gasteiger partial charge in [-0.3, -0.25) is 9.78 Å². The quantitative estimate of drug-likeness (QED) is 0.113. The Labute approximate surface area is 276 Å². The Morgan fingerprint density at radius 3 is 2.43 bits per heavy atom. The highest BCUT2D eigenvalue weighted by atomic mass is 16.4. The normalized spacial score (nSPS) is 16.0. The van der Waals surface area contributed by atoms with Gasteiger partial charge in [-0.25, -0.2) is 25.0 Å². The van der Waals surface area contributed by atoms with Gasteiger partial charge in [-0.15, -0.1) is 0 Å². The fourth-order valence-electron chi connectivity index (χ4n) is 6.24. The minimum atomic E-state index is -1.27. The van der Waals surface area contributed by atoms with Gasteiger partial charge in [-0.05, 0) is 56.2 Å². The van der Waals surface area contributed by atoms with Crippen LogP contribution in [0.2, 0.25) is 0 Å². The van der Waals surface area contributed by atoms with Crippen molar-refractivity contribution in [2.45, 2.75) is 102 Å². The molecule has 2 aromatic heterocycles. The molecule has 254 valence electrons. The highest BCUT2D eigenvalue weighted by Gasteiger charge is 2.36. The zero-order chi connectivity index (χ0) is 33.4. The lowest BCUT2D eigenvalue weighted by atomic mass is 9.83. The number of aromatic amines is 1. The van der Waals surface area contributed by atoms with Gasteiger partial charge in [0, 0.05) is 37.5 Å². The summed E-state index contributed by atoms with van der Waals surface area (Å²) in [5, 5.41) is 28.4. The summed E-state index contributed by atoms with van der Waals surface area (Å²) >= 11 is 0. The first-order valence-electron chi connectivity index (χ1n) is 16.8. The van der Waals surface area contributed by atoms with E-state index in [2.05, 4.69) is 31.0 Å². The summed E-state index contributed by atoms with van der Waals surface area (Å²) in [7, 11) is 0. The van der Waals surface area contributed by atoms with E-state index in [1.54, 1.807) is 19.3 Å². The number of urea groups is 1. The molecule has 0 radical (unpaired) electrons. The van der Waals surface area contributed by atoms with Crippen LogP contribution in [0, 0.1) is 5.92 Å². The van der Waals surface area contributed by atoms with E-state index in [-0.39, 0.29) is 12.8 Å². The van der Waals surface area contributed by atoms with Crippen LogP contribution in [-0.2, 0) is 28.9 Å². The zero-order valence-corrected chi connectivity index (χ0v) is 27.2. The Morgan fingerprint density at radius 2 is 1.77 bits per heavy atom. The van der Waals surface area contributed by atoms with Gasteiger partial charge in [0.1, 0.15) is 12.1 Å². The number of aryl methyl sites for hydroxylation is 1. The van der Waals surface area contributed by atoms with Gasteiger partial charge in [-0.1, -0.05) is 68.5 Å². The number of hydrogen-bond acceptors (Lipinski definition) is 7. The van der Waals surface area contributed by atoms with Crippen LogP contribution in [-0.4, -0.2) is 78.9 Å². The van der Waals surface area contributed by atoms with Crippen molar-refractivity contribution in [1.29, 1.82) is 0 Å². The van der Waals surface area contributed by atoms with Crippen LogP contribution in [0.25, 0.3) is 0 Å². The molecule has 12 nitrogen and oxygen atoms in total. The maximum absolute atomic E-state index is 14.1. The second kappa shape index (κ2) is 18.8. The van der Waals surface area contributed by atoms with E-state index in [1.165, 1.54) is 17.8 Å². The molecule has 0 aliphatic heterocycles. The standard InChI is InChI=1S/C35H49N7O5/c1-2-37-35(47)42(41-29(20-25-12-5-3-6-13-25)32(43)18-11-17-27-16-9-10-19-38-27)31(21-26-14-7-4-8-15-26)33(44)40-30(34(45)46)22-28-23-36-24-39-28/h4,7-10,14-16,19,23-25,29-32,41,43H,2-3,5-6,11-13,17-18,20-22H2,1H3,(H,36,39)(H,37,47)(H,40,44)(H,45,46)/t29-,30-,31-,32-/m0/s1.